The highest BCUT2D eigenvalue weighted by molar-refractivity contribution is 7.98. The lowest BCUT2D eigenvalue weighted by Gasteiger charge is -2.13. The number of pyridine rings is 1. The van der Waals surface area contributed by atoms with Crippen LogP contribution in [0.5, 0.6) is 5.88 Å². The SMILES string of the molecule is COc1nc(/C(=C\C2CCCC2)c2ccc(SC)cc2)ccc1C. The Balaban J connectivity index is 2.03. The summed E-state index contributed by atoms with van der Waals surface area (Å²) >= 11 is 1.77. The summed E-state index contributed by atoms with van der Waals surface area (Å²) in [5.41, 5.74) is 4.53. The molecule has 0 saturated heterocycles. The van der Waals surface area contributed by atoms with E-state index in [1.807, 2.05) is 6.92 Å². The number of benzene rings is 1. The molecule has 126 valence electrons. The maximum absolute atomic E-state index is 5.44. The second-order valence-electron chi connectivity index (χ2n) is 6.38. The van der Waals surface area contributed by atoms with Gasteiger partial charge in [0.2, 0.25) is 5.88 Å². The van der Waals surface area contributed by atoms with E-state index in [2.05, 4.69) is 48.7 Å². The number of aromatic nitrogens is 1. The van der Waals surface area contributed by atoms with E-state index in [0.717, 1.165) is 11.3 Å². The van der Waals surface area contributed by atoms with Crippen LogP contribution in [0.2, 0.25) is 0 Å². The predicted molar refractivity (Wildman–Crippen MR) is 103 cm³/mol. The van der Waals surface area contributed by atoms with Crippen molar-refractivity contribution in [1.29, 1.82) is 0 Å². The third kappa shape index (κ3) is 3.84. The highest BCUT2D eigenvalue weighted by Crippen LogP contribution is 2.33. The van der Waals surface area contributed by atoms with E-state index in [9.17, 15) is 0 Å². The van der Waals surface area contributed by atoms with Crippen LogP contribution in [0.25, 0.3) is 5.57 Å². The average Bonchev–Trinajstić information content (AvgIpc) is 3.14. The molecule has 1 heterocycles. The van der Waals surface area contributed by atoms with Crippen LogP contribution in [0.1, 0.15) is 42.5 Å². The number of thioether (sulfide) groups is 1. The summed E-state index contributed by atoms with van der Waals surface area (Å²) < 4.78 is 5.44. The van der Waals surface area contributed by atoms with Crippen LogP contribution in [0, 0.1) is 12.8 Å². The van der Waals surface area contributed by atoms with Crippen LogP contribution in [0.15, 0.2) is 47.4 Å². The maximum atomic E-state index is 5.44. The topological polar surface area (TPSA) is 22.1 Å². The molecule has 3 rings (SSSR count). The highest BCUT2D eigenvalue weighted by atomic mass is 32.2. The van der Waals surface area contributed by atoms with E-state index in [1.165, 1.54) is 41.7 Å². The van der Waals surface area contributed by atoms with Crippen molar-refractivity contribution < 1.29 is 4.74 Å². The number of aryl methyl sites for hydroxylation is 1. The molecule has 0 spiro atoms. The molecule has 24 heavy (non-hydrogen) atoms. The lowest BCUT2D eigenvalue weighted by Crippen LogP contribution is -1.99. The molecule has 0 atom stereocenters. The Bertz CT molecular complexity index is 715. The van der Waals surface area contributed by atoms with Crippen molar-refractivity contribution >= 4 is 17.3 Å². The molecule has 0 aliphatic heterocycles. The molecule has 1 aliphatic carbocycles. The molecule has 1 fully saturated rings. The van der Waals surface area contributed by atoms with E-state index in [1.54, 1.807) is 18.9 Å². The highest BCUT2D eigenvalue weighted by Gasteiger charge is 2.16. The number of hydrogen-bond donors (Lipinski definition) is 0. The van der Waals surface area contributed by atoms with E-state index in [4.69, 9.17) is 9.72 Å². The Morgan fingerprint density at radius 2 is 1.83 bits per heavy atom. The van der Waals surface area contributed by atoms with Gasteiger partial charge in [0, 0.05) is 16.0 Å². The van der Waals surface area contributed by atoms with E-state index in [0.29, 0.717) is 11.8 Å². The molecule has 1 aromatic heterocycles. The van der Waals surface area contributed by atoms with Gasteiger partial charge in [0.1, 0.15) is 0 Å². The van der Waals surface area contributed by atoms with Gasteiger partial charge in [0.25, 0.3) is 0 Å². The van der Waals surface area contributed by atoms with Gasteiger partial charge in [-0.05, 0) is 55.7 Å². The van der Waals surface area contributed by atoms with Gasteiger partial charge < -0.3 is 4.74 Å². The molecule has 2 nitrogen and oxygen atoms in total. The van der Waals surface area contributed by atoms with Gasteiger partial charge in [-0.3, -0.25) is 0 Å². The molecule has 1 saturated carbocycles. The number of ether oxygens (including phenoxy) is 1. The number of rotatable bonds is 5. The van der Waals surface area contributed by atoms with Crippen molar-refractivity contribution in [3.8, 4) is 5.88 Å². The molecule has 1 aliphatic rings. The summed E-state index contributed by atoms with van der Waals surface area (Å²) in [6.07, 6.45) is 9.79. The second kappa shape index (κ2) is 7.89. The Morgan fingerprint density at radius 1 is 1.12 bits per heavy atom. The van der Waals surface area contributed by atoms with Gasteiger partial charge in [-0.1, -0.05) is 37.1 Å². The van der Waals surface area contributed by atoms with Gasteiger partial charge >= 0.3 is 0 Å². The minimum Gasteiger partial charge on any atom is -0.481 e. The van der Waals surface area contributed by atoms with Gasteiger partial charge in [-0.25, -0.2) is 4.98 Å². The number of methoxy groups -OCH3 is 1. The minimum atomic E-state index is 0.661. The summed E-state index contributed by atoms with van der Waals surface area (Å²) in [7, 11) is 1.69. The standard InChI is InChI=1S/C21H25NOS/c1-15-8-13-20(22-21(15)23-2)19(14-16-6-4-5-7-16)17-9-11-18(24-3)12-10-17/h8-14,16H,4-7H2,1-3H3/b19-14-. The van der Waals surface area contributed by atoms with Crippen LogP contribution in [0.3, 0.4) is 0 Å². The Labute approximate surface area is 149 Å². The summed E-state index contributed by atoms with van der Waals surface area (Å²) in [6, 6.07) is 13.0. The first kappa shape index (κ1) is 17.1. The Morgan fingerprint density at radius 3 is 2.46 bits per heavy atom. The molecule has 1 aromatic carbocycles. The van der Waals surface area contributed by atoms with Crippen molar-refractivity contribution in [2.75, 3.05) is 13.4 Å². The quantitative estimate of drug-likeness (QED) is 0.648. The minimum absolute atomic E-state index is 0.661. The fourth-order valence-electron chi connectivity index (χ4n) is 3.33. The third-order valence-electron chi connectivity index (χ3n) is 4.72. The smallest absolute Gasteiger partial charge is 0.216 e. The largest absolute Gasteiger partial charge is 0.481 e. The number of allylic oxidation sites excluding steroid dienone is 1. The molecule has 0 N–H and O–H groups in total. The first-order valence-electron chi connectivity index (χ1n) is 8.59. The third-order valence-corrected chi connectivity index (χ3v) is 5.47. The summed E-state index contributed by atoms with van der Waals surface area (Å²) in [5.74, 6) is 1.37. The lowest BCUT2D eigenvalue weighted by atomic mass is 9.96. The van der Waals surface area contributed by atoms with Crippen LogP contribution in [0.4, 0.5) is 0 Å². The van der Waals surface area contributed by atoms with Gasteiger partial charge in [0.15, 0.2) is 0 Å². The Hall–Kier alpha value is -1.74. The van der Waals surface area contributed by atoms with E-state index < -0.39 is 0 Å². The Kier molecular flexibility index (Phi) is 5.62. The monoisotopic (exact) mass is 339 g/mol. The zero-order chi connectivity index (χ0) is 16.9. The van der Waals surface area contributed by atoms with Crippen LogP contribution < -0.4 is 4.74 Å². The fraction of sp³-hybridized carbons (Fsp3) is 0.381. The van der Waals surface area contributed by atoms with Crippen molar-refractivity contribution in [2.45, 2.75) is 37.5 Å². The molecule has 0 radical (unpaired) electrons. The summed E-state index contributed by atoms with van der Waals surface area (Å²) in [5, 5.41) is 0. The van der Waals surface area contributed by atoms with Crippen LogP contribution in [-0.2, 0) is 0 Å². The summed E-state index contributed by atoms with van der Waals surface area (Å²) in [4.78, 5) is 6.04. The van der Waals surface area contributed by atoms with Crippen molar-refractivity contribution in [1.82, 2.24) is 4.98 Å². The normalized spacial score (nSPS) is 15.7. The van der Waals surface area contributed by atoms with Crippen molar-refractivity contribution in [2.24, 2.45) is 5.92 Å². The van der Waals surface area contributed by atoms with E-state index in [-0.39, 0.29) is 0 Å². The molecule has 2 aromatic rings. The lowest BCUT2D eigenvalue weighted by molar-refractivity contribution is 0.394. The van der Waals surface area contributed by atoms with Crippen molar-refractivity contribution in [3.63, 3.8) is 0 Å². The molecule has 0 bridgehead atoms. The van der Waals surface area contributed by atoms with Crippen molar-refractivity contribution in [3.05, 3.63) is 59.3 Å². The zero-order valence-corrected chi connectivity index (χ0v) is 15.5. The first-order chi connectivity index (χ1) is 11.7. The number of hydrogen-bond acceptors (Lipinski definition) is 3. The second-order valence-corrected chi connectivity index (χ2v) is 7.26. The fourth-order valence-corrected chi connectivity index (χ4v) is 3.73. The predicted octanol–water partition coefficient (Wildman–Crippen LogP) is 5.74. The molecule has 0 amide bonds. The molecular weight excluding hydrogens is 314 g/mol. The average molecular weight is 340 g/mol. The van der Waals surface area contributed by atoms with Gasteiger partial charge in [0.05, 0.1) is 12.8 Å². The maximum Gasteiger partial charge on any atom is 0.216 e. The van der Waals surface area contributed by atoms with Gasteiger partial charge in [-0.15, -0.1) is 11.8 Å². The molecule has 3 heteroatoms. The van der Waals surface area contributed by atoms with Crippen LogP contribution >= 0.6 is 11.8 Å². The first-order valence-corrected chi connectivity index (χ1v) is 9.82. The number of nitrogens with zero attached hydrogens (tertiary/aromatic N) is 1. The zero-order valence-electron chi connectivity index (χ0n) is 14.7. The summed E-state index contributed by atoms with van der Waals surface area (Å²) in [6.45, 7) is 2.03. The van der Waals surface area contributed by atoms with Gasteiger partial charge in [-0.2, -0.15) is 0 Å². The van der Waals surface area contributed by atoms with Crippen LogP contribution in [-0.4, -0.2) is 18.3 Å². The molecule has 0 unspecified atom stereocenters. The molecular formula is C21H25NOS. The van der Waals surface area contributed by atoms with E-state index >= 15 is 0 Å².